The summed E-state index contributed by atoms with van der Waals surface area (Å²) in [5.41, 5.74) is 1.98. The van der Waals surface area contributed by atoms with Crippen molar-refractivity contribution in [3.63, 3.8) is 0 Å². The van der Waals surface area contributed by atoms with Crippen molar-refractivity contribution >= 4 is 24.0 Å². The van der Waals surface area contributed by atoms with Crippen LogP contribution in [0.25, 0.3) is 0 Å². The van der Waals surface area contributed by atoms with E-state index in [1.54, 1.807) is 0 Å². The second-order valence-corrected chi connectivity index (χ2v) is 3.96. The Labute approximate surface area is 112 Å². The second kappa shape index (κ2) is 6.30. The molecule has 0 aliphatic rings. The summed E-state index contributed by atoms with van der Waals surface area (Å²) in [4.78, 5) is 0. The summed E-state index contributed by atoms with van der Waals surface area (Å²) in [6, 6.07) is 19.5. The minimum absolute atomic E-state index is 0. The first kappa shape index (κ1) is 13.6. The van der Waals surface area contributed by atoms with Crippen molar-refractivity contribution in [1.82, 2.24) is 0 Å². The maximum Gasteiger partial charge on any atom is 0.0962 e. The average molecular weight is 264 g/mol. The maximum absolute atomic E-state index is 9.22. The second-order valence-electron chi connectivity index (χ2n) is 3.52. The molecule has 17 heavy (non-hydrogen) atoms. The third-order valence-corrected chi connectivity index (χ3v) is 2.72. The van der Waals surface area contributed by atoms with E-state index in [1.807, 2.05) is 54.6 Å². The molecule has 0 fully saturated rings. The Hall–Kier alpha value is -1.49. The summed E-state index contributed by atoms with van der Waals surface area (Å²) in [6.07, 6.45) is 0. The summed E-state index contributed by atoms with van der Waals surface area (Å²) in [5.74, 6) is -0.224. The van der Waals surface area contributed by atoms with Gasteiger partial charge in [0.15, 0.2) is 0 Å². The smallest absolute Gasteiger partial charge is 0.0962 e. The average Bonchev–Trinajstić information content (AvgIpc) is 2.34. The molecular weight excluding hydrogens is 253 g/mol. The van der Waals surface area contributed by atoms with Crippen LogP contribution in [0.3, 0.4) is 0 Å². The highest BCUT2D eigenvalue weighted by atomic mass is 35.5. The van der Waals surface area contributed by atoms with Gasteiger partial charge >= 0.3 is 0 Å². The van der Waals surface area contributed by atoms with Crippen molar-refractivity contribution in [2.24, 2.45) is 0 Å². The van der Waals surface area contributed by atoms with Crippen LogP contribution >= 0.6 is 24.0 Å². The molecule has 0 spiro atoms. The van der Waals surface area contributed by atoms with E-state index in [4.69, 9.17) is 11.6 Å². The molecule has 0 aliphatic heterocycles. The molecule has 0 amide bonds. The summed E-state index contributed by atoms with van der Waals surface area (Å²) >= 11 is 5.82. The van der Waals surface area contributed by atoms with Crippen molar-refractivity contribution in [1.29, 1.82) is 5.26 Å². The van der Waals surface area contributed by atoms with E-state index in [-0.39, 0.29) is 18.3 Å². The van der Waals surface area contributed by atoms with Crippen LogP contribution in [0.5, 0.6) is 0 Å². The van der Waals surface area contributed by atoms with Gasteiger partial charge in [0.2, 0.25) is 0 Å². The predicted octanol–water partition coefficient (Wildman–Crippen LogP) is 4.42. The lowest BCUT2D eigenvalue weighted by molar-refractivity contribution is 1.04. The molecule has 0 bridgehead atoms. The summed E-state index contributed by atoms with van der Waals surface area (Å²) in [6.45, 7) is 0. The van der Waals surface area contributed by atoms with Crippen molar-refractivity contribution in [3.8, 4) is 6.07 Å². The number of benzene rings is 2. The number of halogens is 2. The van der Waals surface area contributed by atoms with Crippen LogP contribution in [0.1, 0.15) is 17.0 Å². The molecule has 0 heterocycles. The normalized spacial score (nSPS) is 11.1. The number of rotatable bonds is 2. The zero-order valence-electron chi connectivity index (χ0n) is 9.01. The fourth-order valence-electron chi connectivity index (χ4n) is 1.64. The first-order valence-electron chi connectivity index (χ1n) is 5.01. The van der Waals surface area contributed by atoms with Crippen molar-refractivity contribution in [2.45, 2.75) is 5.92 Å². The van der Waals surface area contributed by atoms with Gasteiger partial charge in [-0.15, -0.1) is 12.4 Å². The minimum atomic E-state index is -0.224. The lowest BCUT2D eigenvalue weighted by Crippen LogP contribution is -1.97. The molecule has 1 unspecified atom stereocenters. The molecule has 2 aromatic carbocycles. The Morgan fingerprint density at radius 1 is 0.882 bits per heavy atom. The van der Waals surface area contributed by atoms with Gasteiger partial charge in [-0.05, 0) is 23.3 Å². The molecular formula is C14H11Cl2N. The highest BCUT2D eigenvalue weighted by Crippen LogP contribution is 2.24. The van der Waals surface area contributed by atoms with Gasteiger partial charge in [0.05, 0.1) is 12.0 Å². The van der Waals surface area contributed by atoms with Gasteiger partial charge in [0.25, 0.3) is 0 Å². The lowest BCUT2D eigenvalue weighted by Gasteiger charge is -2.09. The number of hydrogen-bond donors (Lipinski definition) is 0. The Balaban J connectivity index is 0.00000144. The van der Waals surface area contributed by atoms with Crippen molar-refractivity contribution < 1.29 is 0 Å². The summed E-state index contributed by atoms with van der Waals surface area (Å²) in [5, 5.41) is 9.91. The van der Waals surface area contributed by atoms with Crippen LogP contribution < -0.4 is 0 Å². The van der Waals surface area contributed by atoms with E-state index in [9.17, 15) is 5.26 Å². The third kappa shape index (κ3) is 3.23. The van der Waals surface area contributed by atoms with Crippen LogP contribution in [0.4, 0.5) is 0 Å². The predicted molar refractivity (Wildman–Crippen MR) is 72.6 cm³/mol. The maximum atomic E-state index is 9.22. The zero-order valence-corrected chi connectivity index (χ0v) is 10.6. The van der Waals surface area contributed by atoms with E-state index >= 15 is 0 Å². The molecule has 2 aromatic rings. The first-order chi connectivity index (χ1) is 7.81. The van der Waals surface area contributed by atoms with Gasteiger partial charge < -0.3 is 0 Å². The Morgan fingerprint density at radius 2 is 1.41 bits per heavy atom. The van der Waals surface area contributed by atoms with Crippen molar-refractivity contribution in [3.05, 3.63) is 70.7 Å². The molecule has 86 valence electrons. The third-order valence-electron chi connectivity index (χ3n) is 2.47. The van der Waals surface area contributed by atoms with Gasteiger partial charge in [0, 0.05) is 5.02 Å². The lowest BCUT2D eigenvalue weighted by atomic mass is 9.93. The first-order valence-corrected chi connectivity index (χ1v) is 5.39. The standard InChI is InChI=1S/C14H10ClN.ClH/c15-13-8-6-12(7-9-13)14(10-16)11-4-2-1-3-5-11;/h1-9,14H;1H. The van der Waals surface area contributed by atoms with E-state index in [2.05, 4.69) is 6.07 Å². The van der Waals surface area contributed by atoms with Crippen LogP contribution in [-0.2, 0) is 0 Å². The van der Waals surface area contributed by atoms with E-state index in [1.165, 1.54) is 0 Å². The fourth-order valence-corrected chi connectivity index (χ4v) is 1.77. The van der Waals surface area contributed by atoms with Crippen LogP contribution in [-0.4, -0.2) is 0 Å². The monoisotopic (exact) mass is 263 g/mol. The van der Waals surface area contributed by atoms with Crippen molar-refractivity contribution in [2.75, 3.05) is 0 Å². The van der Waals surface area contributed by atoms with Crippen LogP contribution in [0, 0.1) is 11.3 Å². The zero-order chi connectivity index (χ0) is 11.4. The Bertz CT molecular complexity index is 500. The number of nitriles is 1. The fraction of sp³-hybridized carbons (Fsp3) is 0.0714. The van der Waals surface area contributed by atoms with Gasteiger partial charge in [-0.25, -0.2) is 0 Å². The number of hydrogen-bond acceptors (Lipinski definition) is 1. The topological polar surface area (TPSA) is 23.8 Å². The van der Waals surface area contributed by atoms with Gasteiger partial charge in [-0.3, -0.25) is 0 Å². The van der Waals surface area contributed by atoms with Gasteiger partial charge in [0.1, 0.15) is 0 Å². The van der Waals surface area contributed by atoms with Gasteiger partial charge in [-0.2, -0.15) is 5.26 Å². The van der Waals surface area contributed by atoms with E-state index in [0.29, 0.717) is 5.02 Å². The summed E-state index contributed by atoms with van der Waals surface area (Å²) in [7, 11) is 0. The molecule has 1 nitrogen and oxygen atoms in total. The highest BCUT2D eigenvalue weighted by Gasteiger charge is 2.12. The number of nitrogens with zero attached hydrogens (tertiary/aromatic N) is 1. The molecule has 1 atom stereocenters. The van der Waals surface area contributed by atoms with Gasteiger partial charge in [-0.1, -0.05) is 54.1 Å². The SMILES string of the molecule is Cl.N#CC(c1ccccc1)c1ccc(Cl)cc1. The molecule has 0 aromatic heterocycles. The summed E-state index contributed by atoms with van der Waals surface area (Å²) < 4.78 is 0. The Morgan fingerprint density at radius 3 is 1.94 bits per heavy atom. The quantitative estimate of drug-likeness (QED) is 0.787. The largest absolute Gasteiger partial charge is 0.197 e. The molecule has 0 saturated heterocycles. The molecule has 3 heteroatoms. The molecule has 0 aliphatic carbocycles. The van der Waals surface area contributed by atoms with Crippen LogP contribution in [0.2, 0.25) is 5.02 Å². The van der Waals surface area contributed by atoms with E-state index < -0.39 is 0 Å². The van der Waals surface area contributed by atoms with Crippen LogP contribution in [0.15, 0.2) is 54.6 Å². The molecule has 0 N–H and O–H groups in total. The molecule has 0 saturated carbocycles. The highest BCUT2D eigenvalue weighted by molar-refractivity contribution is 6.30. The Kier molecular flexibility index (Phi) is 5.03. The van der Waals surface area contributed by atoms with E-state index in [0.717, 1.165) is 11.1 Å². The molecule has 2 rings (SSSR count). The molecule has 0 radical (unpaired) electrons. The minimum Gasteiger partial charge on any atom is -0.197 e.